The standard InChI is InChI=1S/C14H11BrCl3NO/c15-9-3-1-2-8(4-9)14(20)7-19-13-6-11(17)10(16)5-12(13)18/h1-6,14,19-20H,7H2. The fourth-order valence-electron chi connectivity index (χ4n) is 1.70. The van der Waals surface area contributed by atoms with E-state index in [1.807, 2.05) is 24.3 Å². The molecule has 20 heavy (non-hydrogen) atoms. The van der Waals surface area contributed by atoms with Crippen LogP contribution in [0.1, 0.15) is 11.7 Å². The molecule has 2 nitrogen and oxygen atoms in total. The summed E-state index contributed by atoms with van der Waals surface area (Å²) in [5, 5.41) is 14.5. The molecule has 106 valence electrons. The highest BCUT2D eigenvalue weighted by Gasteiger charge is 2.10. The summed E-state index contributed by atoms with van der Waals surface area (Å²) in [7, 11) is 0. The van der Waals surface area contributed by atoms with E-state index >= 15 is 0 Å². The Labute approximate surface area is 140 Å². The second-order valence-corrected chi connectivity index (χ2v) is 6.34. The van der Waals surface area contributed by atoms with Crippen LogP contribution in [0.15, 0.2) is 40.9 Å². The molecule has 0 amide bonds. The first-order valence-corrected chi connectivity index (χ1v) is 7.72. The SMILES string of the molecule is OC(CNc1cc(Cl)c(Cl)cc1Cl)c1cccc(Br)c1. The van der Waals surface area contributed by atoms with Crippen molar-refractivity contribution in [3.8, 4) is 0 Å². The molecule has 0 spiro atoms. The maximum Gasteiger partial charge on any atom is 0.0962 e. The molecule has 0 fully saturated rings. The molecule has 6 heteroatoms. The Morgan fingerprint density at radius 3 is 2.45 bits per heavy atom. The van der Waals surface area contributed by atoms with Crippen molar-refractivity contribution in [2.45, 2.75) is 6.10 Å². The maximum absolute atomic E-state index is 10.1. The normalized spacial score (nSPS) is 12.2. The van der Waals surface area contributed by atoms with E-state index in [1.165, 1.54) is 0 Å². The fraction of sp³-hybridized carbons (Fsp3) is 0.143. The molecule has 2 N–H and O–H groups in total. The van der Waals surface area contributed by atoms with Gasteiger partial charge in [-0.05, 0) is 29.8 Å². The molecule has 0 aromatic heterocycles. The monoisotopic (exact) mass is 393 g/mol. The Morgan fingerprint density at radius 1 is 1.05 bits per heavy atom. The van der Waals surface area contributed by atoms with Crippen LogP contribution in [0, 0.1) is 0 Å². The molecule has 2 aromatic rings. The highest BCUT2D eigenvalue weighted by atomic mass is 79.9. The van der Waals surface area contributed by atoms with Crippen molar-refractivity contribution in [1.82, 2.24) is 0 Å². The van der Waals surface area contributed by atoms with Crippen LogP contribution in [0.5, 0.6) is 0 Å². The van der Waals surface area contributed by atoms with Gasteiger partial charge >= 0.3 is 0 Å². The minimum Gasteiger partial charge on any atom is -0.387 e. The second kappa shape index (κ2) is 7.01. The Bertz CT molecular complexity index is 621. The first-order valence-electron chi connectivity index (χ1n) is 5.79. The lowest BCUT2D eigenvalue weighted by Crippen LogP contribution is -2.12. The third-order valence-electron chi connectivity index (χ3n) is 2.73. The van der Waals surface area contributed by atoms with Gasteiger partial charge in [0.05, 0.1) is 26.9 Å². The van der Waals surface area contributed by atoms with Crippen LogP contribution < -0.4 is 5.32 Å². The van der Waals surface area contributed by atoms with Crippen LogP contribution >= 0.6 is 50.7 Å². The van der Waals surface area contributed by atoms with Crippen molar-refractivity contribution in [2.24, 2.45) is 0 Å². The molecular weight excluding hydrogens is 384 g/mol. The summed E-state index contributed by atoms with van der Waals surface area (Å²) in [6, 6.07) is 10.7. The summed E-state index contributed by atoms with van der Waals surface area (Å²) >= 11 is 21.2. The lowest BCUT2D eigenvalue weighted by molar-refractivity contribution is 0.191. The fourth-order valence-corrected chi connectivity index (χ4v) is 2.73. The van der Waals surface area contributed by atoms with Gasteiger partial charge in [-0.1, -0.05) is 62.9 Å². The molecule has 0 saturated heterocycles. The van der Waals surface area contributed by atoms with E-state index in [2.05, 4.69) is 21.2 Å². The van der Waals surface area contributed by atoms with Gasteiger partial charge in [0.25, 0.3) is 0 Å². The average molecular weight is 396 g/mol. The average Bonchev–Trinajstić information content (AvgIpc) is 2.41. The van der Waals surface area contributed by atoms with E-state index in [0.717, 1.165) is 10.0 Å². The van der Waals surface area contributed by atoms with Crippen molar-refractivity contribution in [3.05, 3.63) is 61.5 Å². The van der Waals surface area contributed by atoms with Gasteiger partial charge in [-0.25, -0.2) is 0 Å². The number of benzene rings is 2. The van der Waals surface area contributed by atoms with Crippen molar-refractivity contribution >= 4 is 56.4 Å². The summed E-state index contributed by atoms with van der Waals surface area (Å²) in [6.07, 6.45) is -0.655. The topological polar surface area (TPSA) is 32.3 Å². The molecule has 0 bridgehead atoms. The molecule has 2 rings (SSSR count). The molecule has 0 heterocycles. The van der Waals surface area contributed by atoms with Gasteiger partial charge < -0.3 is 10.4 Å². The van der Waals surface area contributed by atoms with Crippen LogP contribution in [-0.4, -0.2) is 11.7 Å². The summed E-state index contributed by atoms with van der Waals surface area (Å²) in [5.74, 6) is 0. The molecule has 0 aliphatic rings. The summed E-state index contributed by atoms with van der Waals surface area (Å²) in [5.41, 5.74) is 1.44. The van der Waals surface area contributed by atoms with Crippen LogP contribution in [0.3, 0.4) is 0 Å². The third-order valence-corrected chi connectivity index (χ3v) is 4.26. The molecule has 0 saturated carbocycles. The van der Waals surface area contributed by atoms with Crippen molar-refractivity contribution in [1.29, 1.82) is 0 Å². The van der Waals surface area contributed by atoms with Crippen molar-refractivity contribution in [2.75, 3.05) is 11.9 Å². The summed E-state index contributed by atoms with van der Waals surface area (Å²) < 4.78 is 0.918. The predicted molar refractivity (Wildman–Crippen MR) is 89.1 cm³/mol. The van der Waals surface area contributed by atoms with Gasteiger partial charge in [-0.3, -0.25) is 0 Å². The number of anilines is 1. The number of rotatable bonds is 4. The number of nitrogens with one attached hydrogen (secondary N) is 1. The molecule has 0 radical (unpaired) electrons. The lowest BCUT2D eigenvalue weighted by Gasteiger charge is -2.15. The van der Waals surface area contributed by atoms with E-state index in [-0.39, 0.29) is 0 Å². The first kappa shape index (κ1) is 15.9. The number of aliphatic hydroxyl groups excluding tert-OH is 1. The van der Waals surface area contributed by atoms with Gasteiger partial charge in [0.2, 0.25) is 0 Å². The Balaban J connectivity index is 2.07. The van der Waals surface area contributed by atoms with Crippen molar-refractivity contribution < 1.29 is 5.11 Å². The number of hydrogen-bond donors (Lipinski definition) is 2. The van der Waals surface area contributed by atoms with Gasteiger partial charge in [0.1, 0.15) is 0 Å². The van der Waals surface area contributed by atoms with Gasteiger partial charge in [-0.15, -0.1) is 0 Å². The zero-order valence-corrected chi connectivity index (χ0v) is 14.1. The van der Waals surface area contributed by atoms with Crippen molar-refractivity contribution in [3.63, 3.8) is 0 Å². The van der Waals surface area contributed by atoms with E-state index in [0.29, 0.717) is 27.3 Å². The molecule has 1 atom stereocenters. The van der Waals surface area contributed by atoms with Crippen LogP contribution in [0.25, 0.3) is 0 Å². The minimum absolute atomic E-state index is 0.314. The van der Waals surface area contributed by atoms with Crippen LogP contribution in [-0.2, 0) is 0 Å². The Morgan fingerprint density at radius 2 is 1.75 bits per heavy atom. The largest absolute Gasteiger partial charge is 0.387 e. The minimum atomic E-state index is -0.655. The molecule has 0 aliphatic carbocycles. The number of aliphatic hydroxyl groups is 1. The highest BCUT2D eigenvalue weighted by molar-refractivity contribution is 9.10. The molecule has 1 unspecified atom stereocenters. The molecule has 2 aromatic carbocycles. The van der Waals surface area contributed by atoms with E-state index in [9.17, 15) is 5.11 Å². The molecular formula is C14H11BrCl3NO. The lowest BCUT2D eigenvalue weighted by atomic mass is 10.1. The summed E-state index contributed by atoms with van der Waals surface area (Å²) in [6.45, 7) is 0.314. The first-order chi connectivity index (χ1) is 9.47. The third kappa shape index (κ3) is 4.03. The number of halogens is 4. The van der Waals surface area contributed by atoms with Gasteiger partial charge in [-0.2, -0.15) is 0 Å². The zero-order chi connectivity index (χ0) is 14.7. The van der Waals surface area contributed by atoms with Crippen LogP contribution in [0.4, 0.5) is 5.69 Å². The maximum atomic E-state index is 10.1. The summed E-state index contributed by atoms with van der Waals surface area (Å²) in [4.78, 5) is 0. The van der Waals surface area contributed by atoms with Gasteiger partial charge in [0.15, 0.2) is 0 Å². The van der Waals surface area contributed by atoms with E-state index < -0.39 is 6.10 Å². The van der Waals surface area contributed by atoms with E-state index in [4.69, 9.17) is 34.8 Å². The second-order valence-electron chi connectivity index (χ2n) is 4.20. The Kier molecular flexibility index (Phi) is 5.58. The Hall–Kier alpha value is -0.450. The van der Waals surface area contributed by atoms with Gasteiger partial charge in [0, 0.05) is 11.0 Å². The highest BCUT2D eigenvalue weighted by Crippen LogP contribution is 2.32. The van der Waals surface area contributed by atoms with E-state index in [1.54, 1.807) is 12.1 Å². The molecule has 0 aliphatic heterocycles. The predicted octanol–water partition coefficient (Wildman–Crippen LogP) is 5.55. The smallest absolute Gasteiger partial charge is 0.0962 e. The van der Waals surface area contributed by atoms with Crippen LogP contribution in [0.2, 0.25) is 15.1 Å². The quantitative estimate of drug-likeness (QED) is 0.665. The number of hydrogen-bond acceptors (Lipinski definition) is 2. The zero-order valence-electron chi connectivity index (χ0n) is 10.2.